The van der Waals surface area contributed by atoms with Gasteiger partial charge < -0.3 is 4.74 Å². The Hall–Kier alpha value is -2.35. The molecule has 0 saturated carbocycles. The quantitative estimate of drug-likeness (QED) is 0.283. The highest BCUT2D eigenvalue weighted by atomic mass is 35.5. The Morgan fingerprint density at radius 1 is 1.10 bits per heavy atom. The summed E-state index contributed by atoms with van der Waals surface area (Å²) in [5.74, 6) is 1.37. The van der Waals surface area contributed by atoms with E-state index in [0.717, 1.165) is 39.9 Å². The molecule has 156 valence electrons. The molecule has 30 heavy (non-hydrogen) atoms. The molecule has 0 unspecified atom stereocenters. The number of thioether (sulfide) groups is 1. The van der Waals surface area contributed by atoms with Crippen molar-refractivity contribution in [1.29, 1.82) is 0 Å². The Morgan fingerprint density at radius 2 is 1.90 bits per heavy atom. The van der Waals surface area contributed by atoms with Crippen molar-refractivity contribution >= 4 is 40.0 Å². The highest BCUT2D eigenvalue weighted by Gasteiger charge is 2.16. The monoisotopic (exact) mass is 442 g/mol. The van der Waals surface area contributed by atoms with Crippen molar-refractivity contribution < 1.29 is 4.74 Å². The number of rotatable bonds is 9. The van der Waals surface area contributed by atoms with Gasteiger partial charge in [-0.15, -0.1) is 10.2 Å². The third kappa shape index (κ3) is 4.24. The van der Waals surface area contributed by atoms with Crippen LogP contribution >= 0.6 is 23.4 Å². The van der Waals surface area contributed by atoms with Crippen LogP contribution in [0.5, 0.6) is 0 Å². The Kier molecular flexibility index (Phi) is 6.72. The van der Waals surface area contributed by atoms with Gasteiger partial charge in [0.2, 0.25) is 5.78 Å². The number of fused-ring (bicyclic) bond motifs is 3. The first-order valence-corrected chi connectivity index (χ1v) is 11.4. The Bertz CT molecular complexity index is 1220. The molecule has 0 bridgehead atoms. The summed E-state index contributed by atoms with van der Waals surface area (Å²) in [5.41, 5.74) is 1.89. The van der Waals surface area contributed by atoms with Crippen LogP contribution in [0.2, 0.25) is 5.02 Å². The molecule has 0 spiro atoms. The fourth-order valence-corrected chi connectivity index (χ4v) is 4.59. The lowest BCUT2D eigenvalue weighted by atomic mass is 10.2. The fraction of sp³-hybridized carbons (Fsp3) is 0.318. The second-order valence-corrected chi connectivity index (χ2v) is 8.30. The van der Waals surface area contributed by atoms with Crippen LogP contribution in [0, 0.1) is 0 Å². The minimum absolute atomic E-state index is 0.0467. The molecular weight excluding hydrogens is 420 g/mol. The molecular formula is C22H23ClN4O2S. The molecule has 4 aromatic rings. The van der Waals surface area contributed by atoms with E-state index >= 15 is 0 Å². The maximum atomic E-state index is 13.1. The highest BCUT2D eigenvalue weighted by Crippen LogP contribution is 2.24. The van der Waals surface area contributed by atoms with Gasteiger partial charge in [0.05, 0.1) is 10.9 Å². The summed E-state index contributed by atoms with van der Waals surface area (Å²) in [6.45, 7) is 3.77. The molecule has 8 heteroatoms. The number of halogens is 1. The lowest BCUT2D eigenvalue weighted by Crippen LogP contribution is -2.24. The van der Waals surface area contributed by atoms with Crippen molar-refractivity contribution in [2.24, 2.45) is 0 Å². The van der Waals surface area contributed by atoms with Gasteiger partial charge in [0.25, 0.3) is 5.56 Å². The summed E-state index contributed by atoms with van der Waals surface area (Å²) in [5, 5.41) is 11.0. The predicted octanol–water partition coefficient (Wildman–Crippen LogP) is 4.46. The van der Waals surface area contributed by atoms with E-state index in [4.69, 9.17) is 16.3 Å². The molecule has 2 aromatic carbocycles. The van der Waals surface area contributed by atoms with Gasteiger partial charge in [0, 0.05) is 30.5 Å². The van der Waals surface area contributed by atoms with Gasteiger partial charge in [-0.3, -0.25) is 13.8 Å². The number of aryl methyl sites for hydroxylation is 2. The molecule has 6 nitrogen and oxygen atoms in total. The first-order chi connectivity index (χ1) is 14.7. The Morgan fingerprint density at radius 3 is 2.73 bits per heavy atom. The summed E-state index contributed by atoms with van der Waals surface area (Å²) in [6.07, 6.45) is 1.56. The van der Waals surface area contributed by atoms with Crippen molar-refractivity contribution in [1.82, 2.24) is 19.2 Å². The molecule has 0 radical (unpaired) electrons. The zero-order chi connectivity index (χ0) is 20.9. The zero-order valence-electron chi connectivity index (χ0n) is 16.8. The standard InChI is InChI=1S/C22H23ClN4O2S/c1-2-29-14-7-13-26-20(28)17-9-4-6-11-19(17)27-21(26)24-25-22(27)30-15-12-16-8-3-5-10-18(16)23/h3-6,8-11H,2,7,12-15H2,1H3. The van der Waals surface area contributed by atoms with Crippen LogP contribution < -0.4 is 5.56 Å². The molecule has 0 amide bonds. The van der Waals surface area contributed by atoms with E-state index in [0.29, 0.717) is 30.9 Å². The summed E-state index contributed by atoms with van der Waals surface area (Å²) in [6, 6.07) is 15.5. The van der Waals surface area contributed by atoms with Gasteiger partial charge in [-0.05, 0) is 43.5 Å². The number of nitrogens with zero attached hydrogens (tertiary/aromatic N) is 4. The topological polar surface area (TPSA) is 61.4 Å². The molecule has 0 aliphatic rings. The number of ether oxygens (including phenoxy) is 1. The van der Waals surface area contributed by atoms with Crippen molar-refractivity contribution in [3.63, 3.8) is 0 Å². The number of hydrogen-bond donors (Lipinski definition) is 0. The van der Waals surface area contributed by atoms with E-state index in [1.54, 1.807) is 16.3 Å². The van der Waals surface area contributed by atoms with Crippen LogP contribution in [-0.2, 0) is 17.7 Å². The second-order valence-electron chi connectivity index (χ2n) is 6.83. The number of para-hydroxylation sites is 1. The summed E-state index contributed by atoms with van der Waals surface area (Å²) >= 11 is 7.89. The first-order valence-electron chi connectivity index (χ1n) is 10.0. The van der Waals surface area contributed by atoms with Gasteiger partial charge in [-0.25, -0.2) is 0 Å². The maximum Gasteiger partial charge on any atom is 0.262 e. The van der Waals surface area contributed by atoms with E-state index in [-0.39, 0.29) is 5.56 Å². The van der Waals surface area contributed by atoms with E-state index in [1.807, 2.05) is 59.9 Å². The Balaban J connectivity index is 1.67. The lowest BCUT2D eigenvalue weighted by Gasteiger charge is -2.11. The molecule has 0 atom stereocenters. The fourth-order valence-electron chi connectivity index (χ4n) is 3.45. The lowest BCUT2D eigenvalue weighted by molar-refractivity contribution is 0.141. The molecule has 0 fully saturated rings. The van der Waals surface area contributed by atoms with Crippen LogP contribution in [0.25, 0.3) is 16.7 Å². The second kappa shape index (κ2) is 9.64. The predicted molar refractivity (Wildman–Crippen MR) is 122 cm³/mol. The van der Waals surface area contributed by atoms with E-state index in [9.17, 15) is 4.79 Å². The first kappa shape index (κ1) is 20.9. The van der Waals surface area contributed by atoms with Crippen molar-refractivity contribution in [2.45, 2.75) is 31.5 Å². The zero-order valence-corrected chi connectivity index (χ0v) is 18.3. The van der Waals surface area contributed by atoms with Crippen LogP contribution in [0.15, 0.2) is 58.5 Å². The molecule has 0 aliphatic carbocycles. The van der Waals surface area contributed by atoms with Crippen molar-refractivity contribution in [3.8, 4) is 0 Å². The summed E-state index contributed by atoms with van der Waals surface area (Å²) < 4.78 is 9.11. The average molecular weight is 443 g/mol. The number of aromatic nitrogens is 4. The largest absolute Gasteiger partial charge is 0.382 e. The van der Waals surface area contributed by atoms with Gasteiger partial charge in [-0.1, -0.05) is 53.7 Å². The average Bonchev–Trinajstić information content (AvgIpc) is 3.18. The summed E-state index contributed by atoms with van der Waals surface area (Å²) in [7, 11) is 0. The SMILES string of the molecule is CCOCCCn1c(=O)c2ccccc2n2c(SCCc3ccccc3Cl)nnc12. The van der Waals surface area contributed by atoms with Crippen LogP contribution in [-0.4, -0.2) is 38.1 Å². The Labute approximate surface area is 183 Å². The minimum Gasteiger partial charge on any atom is -0.382 e. The van der Waals surface area contributed by atoms with E-state index in [1.165, 1.54) is 0 Å². The molecule has 0 aliphatic heterocycles. The molecule has 4 rings (SSSR count). The third-order valence-electron chi connectivity index (χ3n) is 4.91. The number of hydrogen-bond acceptors (Lipinski definition) is 5. The third-order valence-corrected chi connectivity index (χ3v) is 6.21. The molecule has 2 heterocycles. The van der Waals surface area contributed by atoms with Crippen LogP contribution in [0.3, 0.4) is 0 Å². The minimum atomic E-state index is -0.0467. The number of benzene rings is 2. The smallest absolute Gasteiger partial charge is 0.262 e. The van der Waals surface area contributed by atoms with E-state index in [2.05, 4.69) is 10.2 Å². The van der Waals surface area contributed by atoms with Gasteiger partial charge in [0.1, 0.15) is 0 Å². The maximum absolute atomic E-state index is 13.1. The van der Waals surface area contributed by atoms with Crippen molar-refractivity contribution in [2.75, 3.05) is 19.0 Å². The summed E-state index contributed by atoms with van der Waals surface area (Å²) in [4.78, 5) is 13.1. The molecule has 0 N–H and O–H groups in total. The van der Waals surface area contributed by atoms with Gasteiger partial charge in [-0.2, -0.15) is 0 Å². The van der Waals surface area contributed by atoms with E-state index < -0.39 is 0 Å². The normalized spacial score (nSPS) is 11.5. The molecule has 0 saturated heterocycles. The highest BCUT2D eigenvalue weighted by molar-refractivity contribution is 7.99. The van der Waals surface area contributed by atoms with Gasteiger partial charge in [0.15, 0.2) is 5.16 Å². The van der Waals surface area contributed by atoms with Crippen LogP contribution in [0.4, 0.5) is 0 Å². The van der Waals surface area contributed by atoms with Crippen LogP contribution in [0.1, 0.15) is 18.9 Å². The van der Waals surface area contributed by atoms with Gasteiger partial charge >= 0.3 is 0 Å². The van der Waals surface area contributed by atoms with Crippen molar-refractivity contribution in [3.05, 3.63) is 69.5 Å². The molecule has 2 aromatic heterocycles.